The molecule has 0 aliphatic heterocycles. The van der Waals surface area contributed by atoms with Crippen molar-refractivity contribution in [2.75, 3.05) is 5.84 Å². The molecule has 0 saturated heterocycles. The van der Waals surface area contributed by atoms with Crippen LogP contribution < -0.4 is 5.84 Å². The molecule has 0 radical (unpaired) electrons. The van der Waals surface area contributed by atoms with Gasteiger partial charge in [-0.1, -0.05) is 29.8 Å². The van der Waals surface area contributed by atoms with E-state index in [0.717, 1.165) is 15.8 Å². The SMILES string of the molecule is Cc1ccc(CS(=O)(=O)Cc2n[nH]c(=S)n2N)cc1. The third-order valence-corrected chi connectivity index (χ3v) is 4.39. The molecule has 0 bridgehead atoms. The topological polar surface area (TPSA) is 93.8 Å². The van der Waals surface area contributed by atoms with Crippen molar-refractivity contribution in [2.24, 2.45) is 0 Å². The lowest BCUT2D eigenvalue weighted by Gasteiger charge is -2.04. The molecule has 2 rings (SSSR count). The molecule has 0 saturated carbocycles. The second kappa shape index (κ2) is 5.14. The van der Waals surface area contributed by atoms with Gasteiger partial charge >= 0.3 is 0 Å². The lowest BCUT2D eigenvalue weighted by Crippen LogP contribution is -2.17. The Morgan fingerprint density at radius 2 is 1.95 bits per heavy atom. The Balaban J connectivity index is 2.17. The minimum absolute atomic E-state index is 0.0487. The first-order valence-corrected chi connectivity index (χ1v) is 7.78. The van der Waals surface area contributed by atoms with Gasteiger partial charge in [0, 0.05) is 0 Å². The van der Waals surface area contributed by atoms with E-state index in [1.165, 1.54) is 0 Å². The Hall–Kier alpha value is -1.67. The van der Waals surface area contributed by atoms with E-state index < -0.39 is 9.84 Å². The summed E-state index contributed by atoms with van der Waals surface area (Å²) in [7, 11) is -3.34. The monoisotopic (exact) mass is 298 g/mol. The van der Waals surface area contributed by atoms with Crippen molar-refractivity contribution in [3.8, 4) is 0 Å². The molecule has 8 heteroatoms. The van der Waals surface area contributed by atoms with E-state index in [2.05, 4.69) is 10.2 Å². The number of nitrogens with zero attached hydrogens (tertiary/aromatic N) is 2. The largest absolute Gasteiger partial charge is 0.335 e. The molecule has 0 spiro atoms. The van der Waals surface area contributed by atoms with Gasteiger partial charge in [-0.15, -0.1) is 0 Å². The summed E-state index contributed by atoms with van der Waals surface area (Å²) >= 11 is 4.83. The van der Waals surface area contributed by atoms with Crippen LogP contribution in [0.4, 0.5) is 0 Å². The van der Waals surface area contributed by atoms with Gasteiger partial charge in [0.15, 0.2) is 15.7 Å². The van der Waals surface area contributed by atoms with Gasteiger partial charge in [-0.3, -0.25) is 5.10 Å². The van der Waals surface area contributed by atoms with Crippen LogP contribution in [0.2, 0.25) is 0 Å². The Morgan fingerprint density at radius 3 is 2.47 bits per heavy atom. The van der Waals surface area contributed by atoms with Crippen LogP contribution in [0, 0.1) is 11.7 Å². The molecule has 0 amide bonds. The summed E-state index contributed by atoms with van der Waals surface area (Å²) in [6.07, 6.45) is 0. The van der Waals surface area contributed by atoms with E-state index in [1.807, 2.05) is 19.1 Å². The van der Waals surface area contributed by atoms with Crippen LogP contribution in [0.5, 0.6) is 0 Å². The zero-order valence-electron chi connectivity index (χ0n) is 10.3. The zero-order chi connectivity index (χ0) is 14.0. The lowest BCUT2D eigenvalue weighted by atomic mass is 10.2. The minimum atomic E-state index is -3.34. The van der Waals surface area contributed by atoms with E-state index in [4.69, 9.17) is 18.1 Å². The maximum absolute atomic E-state index is 12.1. The Labute approximate surface area is 116 Å². The van der Waals surface area contributed by atoms with Crippen molar-refractivity contribution in [2.45, 2.75) is 18.4 Å². The maximum atomic E-state index is 12.1. The van der Waals surface area contributed by atoms with Gasteiger partial charge in [0.2, 0.25) is 4.77 Å². The fraction of sp³-hybridized carbons (Fsp3) is 0.273. The van der Waals surface area contributed by atoms with Crippen LogP contribution >= 0.6 is 12.2 Å². The van der Waals surface area contributed by atoms with E-state index >= 15 is 0 Å². The van der Waals surface area contributed by atoms with Gasteiger partial charge in [0.1, 0.15) is 5.75 Å². The first-order chi connectivity index (χ1) is 8.87. The van der Waals surface area contributed by atoms with E-state index in [0.29, 0.717) is 0 Å². The maximum Gasteiger partial charge on any atom is 0.214 e. The average Bonchev–Trinajstić information content (AvgIpc) is 2.63. The number of hydrogen-bond acceptors (Lipinski definition) is 5. The number of H-pyrrole nitrogens is 1. The molecule has 102 valence electrons. The summed E-state index contributed by atoms with van der Waals surface area (Å²) in [6.45, 7) is 1.95. The number of nitrogens with two attached hydrogens (primary N) is 1. The van der Waals surface area contributed by atoms with Crippen molar-refractivity contribution in [3.63, 3.8) is 0 Å². The Bertz CT molecular complexity index is 729. The molecule has 2 aromatic rings. The number of nitrogen functional groups attached to an aromatic ring is 1. The standard InChI is InChI=1S/C11H14N4O2S2/c1-8-2-4-9(5-3-8)6-19(16,17)7-10-13-14-11(18)15(10)12/h2-5H,6-7,12H2,1H3,(H,14,18). The predicted octanol–water partition coefficient (Wildman–Crippen LogP) is 1.08. The summed E-state index contributed by atoms with van der Waals surface area (Å²) in [5.41, 5.74) is 1.83. The molecule has 1 aromatic carbocycles. The third kappa shape index (κ3) is 3.42. The van der Waals surface area contributed by atoms with Gasteiger partial charge in [0.25, 0.3) is 0 Å². The molecule has 0 aliphatic rings. The first-order valence-electron chi connectivity index (χ1n) is 5.55. The Morgan fingerprint density at radius 1 is 1.32 bits per heavy atom. The van der Waals surface area contributed by atoms with Crippen LogP contribution in [0.25, 0.3) is 0 Å². The predicted molar refractivity (Wildman–Crippen MR) is 75.1 cm³/mol. The van der Waals surface area contributed by atoms with Crippen LogP contribution in [-0.2, 0) is 21.3 Å². The van der Waals surface area contributed by atoms with Crippen molar-refractivity contribution >= 4 is 22.1 Å². The quantitative estimate of drug-likeness (QED) is 0.650. The molecule has 0 atom stereocenters. The molecule has 0 unspecified atom stereocenters. The van der Waals surface area contributed by atoms with Crippen LogP contribution in [0.1, 0.15) is 17.0 Å². The molecule has 19 heavy (non-hydrogen) atoms. The van der Waals surface area contributed by atoms with Crippen molar-refractivity contribution in [3.05, 3.63) is 46.0 Å². The molecule has 6 nitrogen and oxygen atoms in total. The molecule has 0 fully saturated rings. The summed E-state index contributed by atoms with van der Waals surface area (Å²) in [6, 6.07) is 7.35. The second-order valence-electron chi connectivity index (χ2n) is 4.33. The molecular formula is C11H14N4O2S2. The molecule has 1 heterocycles. The van der Waals surface area contributed by atoms with E-state index in [-0.39, 0.29) is 22.1 Å². The van der Waals surface area contributed by atoms with E-state index in [9.17, 15) is 8.42 Å². The normalized spacial score (nSPS) is 11.6. The zero-order valence-corrected chi connectivity index (χ0v) is 12.0. The highest BCUT2D eigenvalue weighted by Gasteiger charge is 2.17. The van der Waals surface area contributed by atoms with Crippen LogP contribution in [0.3, 0.4) is 0 Å². The fourth-order valence-corrected chi connectivity index (χ4v) is 3.18. The number of aryl methyl sites for hydroxylation is 1. The fourth-order valence-electron chi connectivity index (χ4n) is 1.63. The summed E-state index contributed by atoms with van der Waals surface area (Å²) in [5.74, 6) is 5.49. The number of hydrogen-bond donors (Lipinski definition) is 2. The van der Waals surface area contributed by atoms with Gasteiger partial charge in [-0.2, -0.15) is 5.10 Å². The minimum Gasteiger partial charge on any atom is -0.335 e. The molecule has 3 N–H and O–H groups in total. The number of rotatable bonds is 4. The highest BCUT2D eigenvalue weighted by Crippen LogP contribution is 2.11. The Kier molecular flexibility index (Phi) is 3.72. The van der Waals surface area contributed by atoms with Gasteiger partial charge in [0.05, 0.1) is 5.75 Å². The number of sulfone groups is 1. The third-order valence-electron chi connectivity index (χ3n) is 2.63. The van der Waals surface area contributed by atoms with E-state index in [1.54, 1.807) is 12.1 Å². The number of benzene rings is 1. The summed E-state index contributed by atoms with van der Waals surface area (Å²) < 4.78 is 25.4. The highest BCUT2D eigenvalue weighted by molar-refractivity contribution is 7.89. The van der Waals surface area contributed by atoms with Gasteiger partial charge in [-0.05, 0) is 24.7 Å². The summed E-state index contributed by atoms with van der Waals surface area (Å²) in [4.78, 5) is 0. The number of nitrogens with one attached hydrogen (secondary N) is 1. The van der Waals surface area contributed by atoms with Crippen molar-refractivity contribution < 1.29 is 8.42 Å². The van der Waals surface area contributed by atoms with Gasteiger partial charge < -0.3 is 5.84 Å². The molecular weight excluding hydrogens is 284 g/mol. The number of aromatic amines is 1. The second-order valence-corrected chi connectivity index (χ2v) is 6.78. The van der Waals surface area contributed by atoms with Crippen molar-refractivity contribution in [1.82, 2.24) is 14.9 Å². The number of aromatic nitrogens is 3. The van der Waals surface area contributed by atoms with Crippen molar-refractivity contribution in [1.29, 1.82) is 0 Å². The molecule has 1 aromatic heterocycles. The average molecular weight is 298 g/mol. The molecule has 0 aliphatic carbocycles. The highest BCUT2D eigenvalue weighted by atomic mass is 32.2. The lowest BCUT2D eigenvalue weighted by molar-refractivity contribution is 0.592. The van der Waals surface area contributed by atoms with Crippen LogP contribution in [0.15, 0.2) is 24.3 Å². The summed E-state index contributed by atoms with van der Waals surface area (Å²) in [5, 5.41) is 6.26. The van der Waals surface area contributed by atoms with Gasteiger partial charge in [-0.25, -0.2) is 13.1 Å². The smallest absolute Gasteiger partial charge is 0.214 e. The van der Waals surface area contributed by atoms with Crippen LogP contribution in [-0.4, -0.2) is 23.3 Å². The first kappa shape index (κ1) is 13.8.